The molecule has 0 unspecified atom stereocenters. The van der Waals surface area contributed by atoms with Gasteiger partial charge in [0, 0.05) is 18.5 Å². The average molecular weight is 468 g/mol. The number of benzene rings is 2. The number of nitrogens with zero attached hydrogens (tertiary/aromatic N) is 3. The zero-order chi connectivity index (χ0) is 24.1. The van der Waals surface area contributed by atoms with Crippen molar-refractivity contribution in [2.24, 2.45) is 5.92 Å². The van der Waals surface area contributed by atoms with Crippen molar-refractivity contribution >= 4 is 17.6 Å². The molecule has 1 aliphatic heterocycles. The largest absolute Gasteiger partial charge is 0.352 e. The SMILES string of the molecule is Cc1cc(NC(=O)CN2CCC(C(=O)NCc3ccc(F)cc3)CC2)n(-c2ccc(F)cc2)n1. The van der Waals surface area contributed by atoms with Gasteiger partial charge in [0.25, 0.3) is 0 Å². The van der Waals surface area contributed by atoms with E-state index in [0.29, 0.717) is 44.0 Å². The lowest BCUT2D eigenvalue weighted by atomic mass is 9.96. The van der Waals surface area contributed by atoms with Gasteiger partial charge in [0.05, 0.1) is 17.9 Å². The van der Waals surface area contributed by atoms with Gasteiger partial charge in [-0.25, -0.2) is 13.5 Å². The highest BCUT2D eigenvalue weighted by atomic mass is 19.1. The lowest BCUT2D eigenvalue weighted by molar-refractivity contribution is -0.126. The summed E-state index contributed by atoms with van der Waals surface area (Å²) in [6.07, 6.45) is 1.32. The molecule has 1 aromatic heterocycles. The fourth-order valence-electron chi connectivity index (χ4n) is 4.04. The van der Waals surface area contributed by atoms with Crippen LogP contribution in [0.2, 0.25) is 0 Å². The minimum atomic E-state index is -0.342. The number of hydrogen-bond donors (Lipinski definition) is 2. The molecule has 2 heterocycles. The summed E-state index contributed by atoms with van der Waals surface area (Å²) in [6, 6.07) is 13.7. The van der Waals surface area contributed by atoms with Gasteiger partial charge in [0.1, 0.15) is 17.5 Å². The molecule has 0 radical (unpaired) electrons. The van der Waals surface area contributed by atoms with E-state index in [2.05, 4.69) is 15.7 Å². The molecule has 1 fully saturated rings. The third-order valence-electron chi connectivity index (χ3n) is 5.88. The Labute approximate surface area is 196 Å². The molecule has 1 aliphatic rings. The normalized spacial score (nSPS) is 14.7. The molecule has 0 saturated carbocycles. The van der Waals surface area contributed by atoms with Gasteiger partial charge >= 0.3 is 0 Å². The molecule has 2 amide bonds. The summed E-state index contributed by atoms with van der Waals surface area (Å²) in [5, 5.41) is 10.2. The Kier molecular flexibility index (Phi) is 7.32. The van der Waals surface area contributed by atoms with E-state index in [1.807, 2.05) is 11.8 Å². The summed E-state index contributed by atoms with van der Waals surface area (Å²) in [5.74, 6) is -0.437. The van der Waals surface area contributed by atoms with E-state index in [1.54, 1.807) is 35.0 Å². The number of aromatic nitrogens is 2. The Morgan fingerprint density at radius 2 is 1.62 bits per heavy atom. The fourth-order valence-corrected chi connectivity index (χ4v) is 4.04. The summed E-state index contributed by atoms with van der Waals surface area (Å²) in [5.41, 5.74) is 2.23. The highest BCUT2D eigenvalue weighted by molar-refractivity contribution is 5.91. The van der Waals surface area contributed by atoms with Crippen LogP contribution in [-0.4, -0.2) is 46.1 Å². The van der Waals surface area contributed by atoms with E-state index in [1.165, 1.54) is 24.3 Å². The van der Waals surface area contributed by atoms with E-state index < -0.39 is 0 Å². The Morgan fingerprint density at radius 1 is 1.00 bits per heavy atom. The monoisotopic (exact) mass is 467 g/mol. The summed E-state index contributed by atoms with van der Waals surface area (Å²) in [4.78, 5) is 27.2. The Bertz CT molecular complexity index is 1140. The van der Waals surface area contributed by atoms with Gasteiger partial charge < -0.3 is 10.6 Å². The quantitative estimate of drug-likeness (QED) is 0.558. The van der Waals surface area contributed by atoms with Gasteiger partial charge in [-0.1, -0.05) is 12.1 Å². The van der Waals surface area contributed by atoms with Crippen molar-refractivity contribution in [1.29, 1.82) is 0 Å². The predicted octanol–water partition coefficient (Wildman–Crippen LogP) is 3.43. The number of piperidine rings is 1. The highest BCUT2D eigenvalue weighted by Gasteiger charge is 2.26. The van der Waals surface area contributed by atoms with E-state index in [9.17, 15) is 18.4 Å². The maximum absolute atomic E-state index is 13.2. The van der Waals surface area contributed by atoms with Gasteiger partial charge in [-0.05, 0) is 74.8 Å². The van der Waals surface area contributed by atoms with Crippen LogP contribution in [0.3, 0.4) is 0 Å². The molecule has 178 valence electrons. The lowest BCUT2D eigenvalue weighted by Gasteiger charge is -2.30. The lowest BCUT2D eigenvalue weighted by Crippen LogP contribution is -2.43. The number of anilines is 1. The Hall–Kier alpha value is -3.59. The van der Waals surface area contributed by atoms with E-state index >= 15 is 0 Å². The number of halogens is 2. The number of hydrogen-bond acceptors (Lipinski definition) is 4. The average Bonchev–Trinajstić information content (AvgIpc) is 3.19. The molecule has 7 nitrogen and oxygen atoms in total. The minimum absolute atomic E-state index is 0.0212. The van der Waals surface area contributed by atoms with Crippen molar-refractivity contribution in [2.75, 3.05) is 25.0 Å². The maximum atomic E-state index is 13.2. The second-order valence-electron chi connectivity index (χ2n) is 8.50. The molecular formula is C25H27F2N5O2. The van der Waals surface area contributed by atoms with Crippen molar-refractivity contribution in [2.45, 2.75) is 26.3 Å². The first kappa shape index (κ1) is 23.6. The first-order valence-electron chi connectivity index (χ1n) is 11.2. The van der Waals surface area contributed by atoms with Gasteiger partial charge in [-0.2, -0.15) is 5.10 Å². The summed E-state index contributed by atoms with van der Waals surface area (Å²) in [6.45, 7) is 3.67. The second kappa shape index (κ2) is 10.6. The number of aryl methyl sites for hydroxylation is 1. The van der Waals surface area contributed by atoms with E-state index in [-0.39, 0.29) is 35.9 Å². The van der Waals surface area contributed by atoms with E-state index in [4.69, 9.17) is 0 Å². The molecule has 9 heteroatoms. The van der Waals surface area contributed by atoms with Crippen LogP contribution in [0, 0.1) is 24.5 Å². The number of likely N-dealkylation sites (tertiary alicyclic amines) is 1. The zero-order valence-electron chi connectivity index (χ0n) is 18.9. The van der Waals surface area contributed by atoms with Crippen LogP contribution >= 0.6 is 0 Å². The molecule has 0 spiro atoms. The molecular weight excluding hydrogens is 440 g/mol. The van der Waals surface area contributed by atoms with E-state index in [0.717, 1.165) is 11.3 Å². The summed E-state index contributed by atoms with van der Waals surface area (Å²) in [7, 11) is 0. The third kappa shape index (κ3) is 6.05. The van der Waals surface area contributed by atoms with Crippen LogP contribution in [0.5, 0.6) is 0 Å². The third-order valence-corrected chi connectivity index (χ3v) is 5.88. The van der Waals surface area contributed by atoms with Crippen LogP contribution < -0.4 is 10.6 Å². The van der Waals surface area contributed by atoms with Crippen molar-refractivity contribution < 1.29 is 18.4 Å². The van der Waals surface area contributed by atoms with Crippen molar-refractivity contribution in [3.8, 4) is 5.69 Å². The molecule has 3 aromatic rings. The van der Waals surface area contributed by atoms with Crippen LogP contribution in [-0.2, 0) is 16.1 Å². The number of nitrogens with one attached hydrogen (secondary N) is 2. The molecule has 0 atom stereocenters. The van der Waals surface area contributed by atoms with Crippen molar-refractivity contribution in [1.82, 2.24) is 20.0 Å². The number of amides is 2. The van der Waals surface area contributed by atoms with Crippen LogP contribution in [0.15, 0.2) is 54.6 Å². The summed E-state index contributed by atoms with van der Waals surface area (Å²) >= 11 is 0. The molecule has 0 aliphatic carbocycles. The van der Waals surface area contributed by atoms with Gasteiger partial charge in [0.2, 0.25) is 11.8 Å². The van der Waals surface area contributed by atoms with Crippen molar-refractivity contribution in [3.63, 3.8) is 0 Å². The van der Waals surface area contributed by atoms with Gasteiger partial charge in [-0.15, -0.1) is 0 Å². The first-order chi connectivity index (χ1) is 16.4. The molecule has 1 saturated heterocycles. The van der Waals surface area contributed by atoms with Gasteiger partial charge in [0.15, 0.2) is 0 Å². The van der Waals surface area contributed by atoms with Gasteiger partial charge in [-0.3, -0.25) is 14.5 Å². The second-order valence-corrected chi connectivity index (χ2v) is 8.50. The number of rotatable bonds is 7. The minimum Gasteiger partial charge on any atom is -0.352 e. The maximum Gasteiger partial charge on any atom is 0.239 e. The number of carbonyl (C=O) groups is 2. The topological polar surface area (TPSA) is 79.3 Å². The van der Waals surface area contributed by atoms with Crippen LogP contribution in [0.4, 0.5) is 14.6 Å². The zero-order valence-corrected chi connectivity index (χ0v) is 18.9. The van der Waals surface area contributed by atoms with Crippen LogP contribution in [0.1, 0.15) is 24.1 Å². The molecule has 2 N–H and O–H groups in total. The number of carbonyl (C=O) groups excluding carboxylic acids is 2. The molecule has 34 heavy (non-hydrogen) atoms. The Morgan fingerprint density at radius 3 is 2.26 bits per heavy atom. The smallest absolute Gasteiger partial charge is 0.239 e. The molecule has 4 rings (SSSR count). The molecule has 2 aromatic carbocycles. The Balaban J connectivity index is 1.25. The standard InChI is InChI=1S/C25H27F2N5O2/c1-17-14-23(32(30-17)22-8-6-21(27)7-9-22)29-24(33)16-31-12-10-19(11-13-31)25(34)28-15-18-2-4-20(26)5-3-18/h2-9,14,19H,10-13,15-16H2,1H3,(H,28,34)(H,29,33). The fraction of sp³-hybridized carbons (Fsp3) is 0.320. The van der Waals surface area contributed by atoms with Crippen LogP contribution in [0.25, 0.3) is 5.69 Å². The highest BCUT2D eigenvalue weighted by Crippen LogP contribution is 2.20. The predicted molar refractivity (Wildman–Crippen MR) is 124 cm³/mol. The first-order valence-corrected chi connectivity index (χ1v) is 11.2. The van der Waals surface area contributed by atoms with Crippen molar-refractivity contribution in [3.05, 3.63) is 77.5 Å². The summed E-state index contributed by atoms with van der Waals surface area (Å²) < 4.78 is 27.8. The molecule has 0 bridgehead atoms.